The number of rotatable bonds is 4. The topological polar surface area (TPSA) is 52.1 Å². The van der Waals surface area contributed by atoms with Crippen molar-refractivity contribution in [3.8, 4) is 11.4 Å². The molecule has 0 amide bonds. The van der Waals surface area contributed by atoms with Crippen LogP contribution < -0.4 is 0 Å². The number of pyridine rings is 2. The summed E-state index contributed by atoms with van der Waals surface area (Å²) in [4.78, 5) is 20.3. The van der Waals surface area contributed by atoms with Crippen LogP contribution in [0.2, 0.25) is 0 Å². The number of carbonyl (C=O) groups is 1. The van der Waals surface area contributed by atoms with Gasteiger partial charge in [-0.05, 0) is 38.1 Å². The van der Waals surface area contributed by atoms with E-state index in [-0.39, 0.29) is 12.4 Å². The molecule has 0 aliphatic rings. The molecule has 0 saturated heterocycles. The van der Waals surface area contributed by atoms with E-state index in [0.717, 1.165) is 17.1 Å². The number of aryl methyl sites for hydroxylation is 1. The molecule has 19 heavy (non-hydrogen) atoms. The predicted octanol–water partition coefficient (Wildman–Crippen LogP) is 2.56. The SMILES string of the molecule is CCOC(=O)Cc1cccc(-c2cccc(C)n2)n1. The van der Waals surface area contributed by atoms with Gasteiger partial charge in [0.05, 0.1) is 30.1 Å². The summed E-state index contributed by atoms with van der Waals surface area (Å²) < 4.78 is 4.92. The Morgan fingerprint density at radius 2 is 1.79 bits per heavy atom. The van der Waals surface area contributed by atoms with Crippen LogP contribution >= 0.6 is 0 Å². The molecule has 2 aromatic heterocycles. The first kappa shape index (κ1) is 13.2. The quantitative estimate of drug-likeness (QED) is 0.789. The fourth-order valence-electron chi connectivity index (χ4n) is 1.77. The fourth-order valence-corrected chi connectivity index (χ4v) is 1.77. The van der Waals surface area contributed by atoms with Crippen LogP contribution in [-0.4, -0.2) is 22.5 Å². The highest BCUT2D eigenvalue weighted by molar-refractivity contribution is 5.72. The lowest BCUT2D eigenvalue weighted by Crippen LogP contribution is -2.09. The molecule has 0 radical (unpaired) electrons. The van der Waals surface area contributed by atoms with Crippen molar-refractivity contribution in [1.82, 2.24) is 9.97 Å². The maximum atomic E-state index is 11.4. The van der Waals surface area contributed by atoms with Crippen molar-refractivity contribution >= 4 is 5.97 Å². The molecule has 2 aromatic rings. The first-order chi connectivity index (χ1) is 9.19. The van der Waals surface area contributed by atoms with Gasteiger partial charge >= 0.3 is 5.97 Å². The van der Waals surface area contributed by atoms with Gasteiger partial charge in [0, 0.05) is 5.69 Å². The van der Waals surface area contributed by atoms with E-state index in [0.29, 0.717) is 12.3 Å². The lowest BCUT2D eigenvalue weighted by Gasteiger charge is -2.05. The van der Waals surface area contributed by atoms with E-state index >= 15 is 0 Å². The van der Waals surface area contributed by atoms with Gasteiger partial charge in [-0.25, -0.2) is 0 Å². The molecule has 2 heterocycles. The van der Waals surface area contributed by atoms with Crippen LogP contribution in [0.5, 0.6) is 0 Å². The third kappa shape index (κ3) is 3.61. The second-order valence-corrected chi connectivity index (χ2v) is 4.16. The Morgan fingerprint density at radius 1 is 1.11 bits per heavy atom. The van der Waals surface area contributed by atoms with Crippen LogP contribution in [0.25, 0.3) is 11.4 Å². The zero-order valence-corrected chi connectivity index (χ0v) is 11.1. The second kappa shape index (κ2) is 6.09. The summed E-state index contributed by atoms with van der Waals surface area (Å²) in [6.45, 7) is 4.11. The van der Waals surface area contributed by atoms with E-state index < -0.39 is 0 Å². The molecule has 0 fully saturated rings. The van der Waals surface area contributed by atoms with Crippen LogP contribution in [-0.2, 0) is 16.0 Å². The highest BCUT2D eigenvalue weighted by Crippen LogP contribution is 2.15. The maximum absolute atomic E-state index is 11.4. The third-order valence-electron chi connectivity index (χ3n) is 2.59. The number of nitrogens with zero attached hydrogens (tertiary/aromatic N) is 2. The van der Waals surface area contributed by atoms with E-state index in [9.17, 15) is 4.79 Å². The number of ether oxygens (including phenoxy) is 1. The third-order valence-corrected chi connectivity index (χ3v) is 2.59. The van der Waals surface area contributed by atoms with Crippen LogP contribution in [0.15, 0.2) is 36.4 Å². The van der Waals surface area contributed by atoms with Crippen LogP contribution in [0.1, 0.15) is 18.3 Å². The van der Waals surface area contributed by atoms with Gasteiger partial charge in [0.2, 0.25) is 0 Å². The fraction of sp³-hybridized carbons (Fsp3) is 0.267. The summed E-state index contributed by atoms with van der Waals surface area (Å²) in [5.74, 6) is -0.260. The van der Waals surface area contributed by atoms with Gasteiger partial charge < -0.3 is 4.74 Å². The lowest BCUT2D eigenvalue weighted by atomic mass is 10.2. The molecule has 4 nitrogen and oxygen atoms in total. The maximum Gasteiger partial charge on any atom is 0.311 e. The summed E-state index contributed by atoms with van der Waals surface area (Å²) in [6.07, 6.45) is 0.188. The average molecular weight is 256 g/mol. The Morgan fingerprint density at radius 3 is 2.47 bits per heavy atom. The molecule has 0 unspecified atom stereocenters. The van der Waals surface area contributed by atoms with E-state index in [1.165, 1.54) is 0 Å². The minimum Gasteiger partial charge on any atom is -0.466 e. The molecular formula is C15H16N2O2. The van der Waals surface area contributed by atoms with Gasteiger partial charge in [-0.1, -0.05) is 12.1 Å². The van der Waals surface area contributed by atoms with E-state index in [1.807, 2.05) is 43.3 Å². The van der Waals surface area contributed by atoms with Crippen molar-refractivity contribution in [3.05, 3.63) is 47.8 Å². The zero-order chi connectivity index (χ0) is 13.7. The van der Waals surface area contributed by atoms with Gasteiger partial charge in [0.15, 0.2) is 0 Å². The van der Waals surface area contributed by atoms with Gasteiger partial charge in [-0.15, -0.1) is 0 Å². The highest BCUT2D eigenvalue weighted by Gasteiger charge is 2.07. The van der Waals surface area contributed by atoms with Crippen molar-refractivity contribution < 1.29 is 9.53 Å². The van der Waals surface area contributed by atoms with Crippen molar-refractivity contribution in [2.24, 2.45) is 0 Å². The summed E-state index contributed by atoms with van der Waals surface area (Å²) in [6, 6.07) is 11.4. The summed E-state index contributed by atoms with van der Waals surface area (Å²) in [7, 11) is 0. The normalized spacial score (nSPS) is 10.2. The zero-order valence-electron chi connectivity index (χ0n) is 11.1. The summed E-state index contributed by atoms with van der Waals surface area (Å²) in [5.41, 5.74) is 3.21. The molecule has 4 heteroatoms. The Bertz CT molecular complexity index is 582. The molecule has 0 spiro atoms. The van der Waals surface area contributed by atoms with E-state index in [1.54, 1.807) is 6.92 Å². The lowest BCUT2D eigenvalue weighted by molar-refractivity contribution is -0.142. The van der Waals surface area contributed by atoms with Gasteiger partial charge in [-0.3, -0.25) is 14.8 Å². The minimum atomic E-state index is -0.260. The van der Waals surface area contributed by atoms with Crippen LogP contribution in [0.4, 0.5) is 0 Å². The number of aromatic nitrogens is 2. The first-order valence-electron chi connectivity index (χ1n) is 6.24. The van der Waals surface area contributed by atoms with Crippen molar-refractivity contribution in [2.45, 2.75) is 20.3 Å². The molecule has 0 aromatic carbocycles. The molecule has 0 N–H and O–H groups in total. The highest BCUT2D eigenvalue weighted by atomic mass is 16.5. The Kier molecular flexibility index (Phi) is 4.23. The first-order valence-corrected chi connectivity index (χ1v) is 6.24. The number of carbonyl (C=O) groups excluding carboxylic acids is 1. The summed E-state index contributed by atoms with van der Waals surface area (Å²) >= 11 is 0. The Labute approximate surface area is 112 Å². The smallest absolute Gasteiger partial charge is 0.311 e. The largest absolute Gasteiger partial charge is 0.466 e. The van der Waals surface area contributed by atoms with Gasteiger partial charge in [-0.2, -0.15) is 0 Å². The van der Waals surface area contributed by atoms with Crippen LogP contribution in [0, 0.1) is 6.92 Å². The van der Waals surface area contributed by atoms with E-state index in [4.69, 9.17) is 4.74 Å². The molecule has 98 valence electrons. The molecule has 0 aliphatic heterocycles. The van der Waals surface area contributed by atoms with Crippen molar-refractivity contribution in [1.29, 1.82) is 0 Å². The Hall–Kier alpha value is -2.23. The standard InChI is InChI=1S/C15H16N2O2/c1-3-19-15(18)10-12-7-5-9-14(17-12)13-8-4-6-11(2)16-13/h4-9H,3,10H2,1-2H3. The summed E-state index contributed by atoms with van der Waals surface area (Å²) in [5, 5.41) is 0. The monoisotopic (exact) mass is 256 g/mol. The second-order valence-electron chi connectivity index (χ2n) is 4.16. The van der Waals surface area contributed by atoms with Gasteiger partial charge in [0.25, 0.3) is 0 Å². The van der Waals surface area contributed by atoms with Crippen molar-refractivity contribution in [2.75, 3.05) is 6.61 Å². The molecule has 0 aliphatic carbocycles. The van der Waals surface area contributed by atoms with Gasteiger partial charge in [0.1, 0.15) is 0 Å². The molecule has 0 atom stereocenters. The number of hydrogen-bond donors (Lipinski definition) is 0. The van der Waals surface area contributed by atoms with Crippen molar-refractivity contribution in [3.63, 3.8) is 0 Å². The average Bonchev–Trinajstić information content (AvgIpc) is 2.39. The molecule has 2 rings (SSSR count). The number of hydrogen-bond acceptors (Lipinski definition) is 4. The Balaban J connectivity index is 2.22. The molecule has 0 saturated carbocycles. The minimum absolute atomic E-state index is 0.188. The van der Waals surface area contributed by atoms with E-state index in [2.05, 4.69) is 9.97 Å². The number of esters is 1. The molecule has 0 bridgehead atoms. The predicted molar refractivity (Wildman–Crippen MR) is 72.5 cm³/mol. The molecular weight excluding hydrogens is 240 g/mol. The van der Waals surface area contributed by atoms with Crippen LogP contribution in [0.3, 0.4) is 0 Å².